The van der Waals surface area contributed by atoms with Crippen molar-refractivity contribution < 1.29 is 39.5 Å². The maximum atomic E-state index is 13.8. The molecule has 1 aromatic heterocycles. The number of nitrogens with one attached hydrogen (secondary N) is 2. The number of hydrogen-bond donors (Lipinski definition) is 2. The average Bonchev–Trinajstić information content (AvgIpc) is 3.36. The lowest BCUT2D eigenvalue weighted by atomic mass is 9.90. The van der Waals surface area contributed by atoms with E-state index < -0.39 is 32.3 Å². The molecule has 0 unspecified atom stereocenters. The van der Waals surface area contributed by atoms with E-state index in [1.807, 2.05) is 6.07 Å². The summed E-state index contributed by atoms with van der Waals surface area (Å²) < 4.78 is 100. The molecule has 1 aliphatic heterocycles. The first kappa shape index (κ1) is 36.3. The molecule has 0 amide bonds. The van der Waals surface area contributed by atoms with Crippen molar-refractivity contribution in [2.45, 2.75) is 55.3 Å². The maximum Gasteiger partial charge on any atom is 0.393 e. The van der Waals surface area contributed by atoms with Crippen LogP contribution in [-0.4, -0.2) is 97.7 Å². The van der Waals surface area contributed by atoms with E-state index in [0.717, 1.165) is 42.3 Å². The molecular formula is C33H40F3N3O6S3. The van der Waals surface area contributed by atoms with Crippen molar-refractivity contribution in [2.24, 2.45) is 0 Å². The molecule has 5 rings (SSSR count). The van der Waals surface area contributed by atoms with Crippen LogP contribution in [0.3, 0.4) is 0 Å². The lowest BCUT2D eigenvalue weighted by Gasteiger charge is -2.39. The molecular weight excluding hydrogens is 688 g/mol. The van der Waals surface area contributed by atoms with Crippen LogP contribution >= 0.6 is 11.3 Å². The monoisotopic (exact) mass is 727 g/mol. The van der Waals surface area contributed by atoms with Gasteiger partial charge in [0.15, 0.2) is 19.7 Å². The van der Waals surface area contributed by atoms with E-state index in [1.165, 1.54) is 30.6 Å². The fraction of sp³-hybridized carbons (Fsp3) is 0.515. The van der Waals surface area contributed by atoms with Crippen LogP contribution in [-0.2, 0) is 30.8 Å². The van der Waals surface area contributed by atoms with Gasteiger partial charge in [0, 0.05) is 44.6 Å². The fourth-order valence-corrected chi connectivity index (χ4v) is 9.19. The molecule has 1 saturated carbocycles. The Balaban J connectivity index is 1.31. The Bertz CT molecular complexity index is 1860. The smallest absolute Gasteiger partial charge is 0.393 e. The highest BCUT2D eigenvalue weighted by Crippen LogP contribution is 2.40. The average molecular weight is 728 g/mol. The molecule has 1 saturated heterocycles. The predicted molar refractivity (Wildman–Crippen MR) is 184 cm³/mol. The molecule has 2 heterocycles. The van der Waals surface area contributed by atoms with Gasteiger partial charge < -0.3 is 20.1 Å². The molecule has 1 aliphatic carbocycles. The van der Waals surface area contributed by atoms with Crippen LogP contribution in [0.5, 0.6) is 5.75 Å². The van der Waals surface area contributed by atoms with Crippen LogP contribution in [0.4, 0.5) is 24.5 Å². The first-order valence-electron chi connectivity index (χ1n) is 15.7. The van der Waals surface area contributed by atoms with Crippen LogP contribution in [0.1, 0.15) is 36.1 Å². The molecule has 2 fully saturated rings. The number of sulfone groups is 2. The number of nitrogens with zero attached hydrogens (tertiary/aromatic N) is 1. The third kappa shape index (κ3) is 9.56. The van der Waals surface area contributed by atoms with Crippen molar-refractivity contribution in [3.63, 3.8) is 0 Å². The third-order valence-corrected chi connectivity index (χ3v) is 12.6. The zero-order chi connectivity index (χ0) is 34.5. The van der Waals surface area contributed by atoms with E-state index in [1.54, 1.807) is 18.2 Å². The molecule has 262 valence electrons. The SMILES string of the molecule is COCCOc1cc(S(C)(=O)=O)ccc1NCC#Cc1sc2c(NC3CCC(N4CCS(=O)(=O)CC4)CC3)cccc2c1CC(F)(F)F. The van der Waals surface area contributed by atoms with Gasteiger partial charge in [-0.3, -0.25) is 4.90 Å². The molecule has 2 aromatic carbocycles. The summed E-state index contributed by atoms with van der Waals surface area (Å²) in [7, 11) is -4.89. The number of benzene rings is 2. The Morgan fingerprint density at radius 1 is 1.04 bits per heavy atom. The zero-order valence-electron chi connectivity index (χ0n) is 26.9. The number of ether oxygens (including phenoxy) is 2. The van der Waals surface area contributed by atoms with Gasteiger partial charge in [-0.25, -0.2) is 16.8 Å². The summed E-state index contributed by atoms with van der Waals surface area (Å²) in [5, 5.41) is 7.19. The molecule has 2 aliphatic rings. The number of hydrogen-bond acceptors (Lipinski definition) is 10. The molecule has 15 heteroatoms. The molecule has 48 heavy (non-hydrogen) atoms. The molecule has 0 spiro atoms. The van der Waals surface area contributed by atoms with Gasteiger partial charge in [-0.15, -0.1) is 11.3 Å². The first-order valence-corrected chi connectivity index (χ1v) is 20.3. The second kappa shape index (κ2) is 15.2. The lowest BCUT2D eigenvalue weighted by Crippen LogP contribution is -2.48. The van der Waals surface area contributed by atoms with Gasteiger partial charge in [0.2, 0.25) is 0 Å². The minimum Gasteiger partial charge on any atom is -0.489 e. The van der Waals surface area contributed by atoms with Crippen molar-refractivity contribution in [1.82, 2.24) is 4.90 Å². The van der Waals surface area contributed by atoms with Gasteiger partial charge in [0.05, 0.1) is 56.9 Å². The summed E-state index contributed by atoms with van der Waals surface area (Å²) in [4.78, 5) is 2.71. The highest BCUT2D eigenvalue weighted by Gasteiger charge is 2.32. The zero-order valence-corrected chi connectivity index (χ0v) is 29.3. The van der Waals surface area contributed by atoms with Crippen LogP contribution < -0.4 is 15.4 Å². The highest BCUT2D eigenvalue weighted by atomic mass is 32.2. The third-order valence-electron chi connectivity index (χ3n) is 8.64. The van der Waals surface area contributed by atoms with Crippen LogP contribution in [0, 0.1) is 11.8 Å². The van der Waals surface area contributed by atoms with Crippen molar-refractivity contribution in [1.29, 1.82) is 0 Å². The number of fused-ring (bicyclic) bond motifs is 1. The number of rotatable bonds is 11. The number of thiophene rings is 1. The summed E-state index contributed by atoms with van der Waals surface area (Å²) >= 11 is 1.24. The normalized spacial score (nSPS) is 20.2. The molecule has 0 bridgehead atoms. The highest BCUT2D eigenvalue weighted by molar-refractivity contribution is 7.91. The fourth-order valence-electron chi connectivity index (χ4n) is 6.16. The van der Waals surface area contributed by atoms with Gasteiger partial charge >= 0.3 is 6.18 Å². The number of methoxy groups -OCH3 is 1. The van der Waals surface area contributed by atoms with Crippen molar-refractivity contribution in [3.8, 4) is 17.6 Å². The van der Waals surface area contributed by atoms with Gasteiger partial charge in [-0.1, -0.05) is 24.0 Å². The topological polar surface area (TPSA) is 114 Å². The van der Waals surface area contributed by atoms with Crippen LogP contribution in [0.15, 0.2) is 41.3 Å². The van der Waals surface area contributed by atoms with Crippen molar-refractivity contribution in [3.05, 3.63) is 46.8 Å². The summed E-state index contributed by atoms with van der Waals surface area (Å²) in [5.41, 5.74) is 1.41. The maximum absolute atomic E-state index is 13.8. The van der Waals surface area contributed by atoms with Crippen molar-refractivity contribution >= 4 is 52.5 Å². The number of alkyl halides is 3. The minimum atomic E-state index is -4.42. The molecule has 0 atom stereocenters. The standard InChI is InChI=1S/C33H40F3N3O6S3/c1-44-17-18-45-30-21-25(47(2,40)41)12-13-28(30)37-14-4-7-31-27(22-33(34,35)36)26-5-3-6-29(32(26)46-31)38-23-8-10-24(11-9-23)39-15-19-48(42,43)20-16-39/h3,5-6,12-13,21,23-24,37-38H,8-11,14-20,22H2,1-2H3. The number of anilines is 2. The van der Waals surface area contributed by atoms with E-state index in [2.05, 4.69) is 27.4 Å². The Morgan fingerprint density at radius 2 is 1.77 bits per heavy atom. The molecule has 3 aromatic rings. The summed E-state index contributed by atoms with van der Waals surface area (Å²) in [6.45, 7) is 1.70. The van der Waals surface area contributed by atoms with Crippen molar-refractivity contribution in [2.75, 3.05) is 68.4 Å². The lowest BCUT2D eigenvalue weighted by molar-refractivity contribution is -0.126. The summed E-state index contributed by atoms with van der Waals surface area (Å²) in [6, 6.07) is 10.3. The predicted octanol–water partition coefficient (Wildman–Crippen LogP) is 5.35. The number of halogens is 3. The van der Waals surface area contributed by atoms with Gasteiger partial charge in [0.1, 0.15) is 12.4 Å². The van der Waals surface area contributed by atoms with E-state index in [9.17, 15) is 30.0 Å². The Labute approximate surface area is 284 Å². The van der Waals surface area contributed by atoms with Gasteiger partial charge in [-0.2, -0.15) is 13.2 Å². The minimum absolute atomic E-state index is 0.0792. The Morgan fingerprint density at radius 3 is 2.44 bits per heavy atom. The Hall–Kier alpha value is -3.03. The van der Waals surface area contributed by atoms with E-state index in [4.69, 9.17) is 9.47 Å². The van der Waals surface area contributed by atoms with Gasteiger partial charge in [-0.05, 0) is 54.8 Å². The molecule has 0 radical (unpaired) electrons. The van der Waals surface area contributed by atoms with Crippen LogP contribution in [0.25, 0.3) is 10.1 Å². The second-order valence-corrected chi connectivity index (χ2v) is 17.5. The van der Waals surface area contributed by atoms with Crippen LogP contribution in [0.2, 0.25) is 0 Å². The quantitative estimate of drug-likeness (QED) is 0.199. The van der Waals surface area contributed by atoms with E-state index in [-0.39, 0.29) is 41.2 Å². The summed E-state index contributed by atoms with van der Waals surface area (Å²) in [5.74, 6) is 6.60. The van der Waals surface area contributed by atoms with E-state index >= 15 is 0 Å². The second-order valence-electron chi connectivity index (χ2n) is 12.1. The van der Waals surface area contributed by atoms with E-state index in [0.29, 0.717) is 47.4 Å². The first-order chi connectivity index (χ1) is 22.7. The molecule has 2 N–H and O–H groups in total. The largest absolute Gasteiger partial charge is 0.489 e. The Kier molecular flexibility index (Phi) is 11.5. The molecule has 9 nitrogen and oxygen atoms in total. The van der Waals surface area contributed by atoms with Gasteiger partial charge in [0.25, 0.3) is 0 Å². The summed E-state index contributed by atoms with van der Waals surface area (Å²) in [6.07, 6.45) is -0.807.